The van der Waals surface area contributed by atoms with Crippen molar-refractivity contribution in [1.29, 1.82) is 0 Å². The summed E-state index contributed by atoms with van der Waals surface area (Å²) in [6, 6.07) is 6.08. The second kappa shape index (κ2) is 5.84. The van der Waals surface area contributed by atoms with E-state index in [4.69, 9.17) is 4.74 Å². The molecule has 0 spiro atoms. The van der Waals surface area contributed by atoms with E-state index in [1.165, 1.54) is 27.6 Å². The van der Waals surface area contributed by atoms with E-state index >= 15 is 0 Å². The van der Waals surface area contributed by atoms with Gasteiger partial charge >= 0.3 is 11.7 Å². The lowest BCUT2D eigenvalue weighted by atomic mass is 10.0. The van der Waals surface area contributed by atoms with Gasteiger partial charge in [-0.3, -0.25) is 0 Å². The Bertz CT molecular complexity index is 915. The number of tetrazole rings is 1. The summed E-state index contributed by atoms with van der Waals surface area (Å²) < 4.78 is 8.17. The molecule has 0 aliphatic heterocycles. The van der Waals surface area contributed by atoms with Crippen molar-refractivity contribution in [3.63, 3.8) is 0 Å². The molecule has 9 heteroatoms. The highest BCUT2D eigenvalue weighted by Crippen LogP contribution is 2.42. The number of hydrogen-bond donors (Lipinski definition) is 0. The van der Waals surface area contributed by atoms with Crippen LogP contribution < -0.4 is 10.4 Å². The zero-order chi connectivity index (χ0) is 16.5. The van der Waals surface area contributed by atoms with Crippen LogP contribution >= 0.6 is 0 Å². The van der Waals surface area contributed by atoms with Crippen LogP contribution in [0, 0.1) is 0 Å². The number of aromatic nitrogens is 7. The summed E-state index contributed by atoms with van der Waals surface area (Å²) in [5.41, 5.74) is 2.44. The maximum absolute atomic E-state index is 12.2. The standard InChI is InChI=1S/C15H15N7O2/c1-21-15(23)22(20-19-21)13-4-2-3-11(10-5-6-10)12(13)7-24-14-17-8-16-9-18-14/h2-4,8-10H,5-7H2,1H3. The normalized spacial score (nSPS) is 13.9. The van der Waals surface area contributed by atoms with Gasteiger partial charge in [0, 0.05) is 12.6 Å². The molecule has 0 radical (unpaired) electrons. The smallest absolute Gasteiger partial charge is 0.368 e. The molecule has 2 heterocycles. The van der Waals surface area contributed by atoms with Gasteiger partial charge in [0.1, 0.15) is 19.3 Å². The van der Waals surface area contributed by atoms with E-state index < -0.39 is 0 Å². The fraction of sp³-hybridized carbons (Fsp3) is 0.333. The van der Waals surface area contributed by atoms with Crippen LogP contribution in [0.1, 0.15) is 29.9 Å². The molecular formula is C15H15N7O2. The molecule has 122 valence electrons. The molecule has 3 aromatic rings. The van der Waals surface area contributed by atoms with Crippen LogP contribution in [0.2, 0.25) is 0 Å². The number of aryl methyl sites for hydroxylation is 1. The first kappa shape index (κ1) is 14.5. The fourth-order valence-electron chi connectivity index (χ4n) is 2.63. The van der Waals surface area contributed by atoms with Gasteiger partial charge in [0.25, 0.3) is 0 Å². The van der Waals surface area contributed by atoms with Crippen molar-refractivity contribution in [2.24, 2.45) is 7.05 Å². The van der Waals surface area contributed by atoms with E-state index in [9.17, 15) is 4.79 Å². The van der Waals surface area contributed by atoms with Crippen molar-refractivity contribution in [3.05, 3.63) is 52.5 Å². The first-order chi connectivity index (χ1) is 11.7. The zero-order valence-electron chi connectivity index (χ0n) is 13.0. The van der Waals surface area contributed by atoms with Crippen molar-refractivity contribution in [2.75, 3.05) is 0 Å². The molecule has 1 aromatic carbocycles. The second-order valence-corrected chi connectivity index (χ2v) is 5.63. The van der Waals surface area contributed by atoms with Crippen LogP contribution in [0.5, 0.6) is 6.01 Å². The van der Waals surface area contributed by atoms with Gasteiger partial charge in [-0.15, -0.1) is 0 Å². The van der Waals surface area contributed by atoms with Gasteiger partial charge in [0.15, 0.2) is 0 Å². The number of benzene rings is 1. The molecule has 0 N–H and O–H groups in total. The molecule has 1 aliphatic carbocycles. The molecule has 2 aromatic heterocycles. The van der Waals surface area contributed by atoms with Crippen molar-refractivity contribution in [2.45, 2.75) is 25.4 Å². The van der Waals surface area contributed by atoms with Crippen LogP contribution in [0.25, 0.3) is 5.69 Å². The summed E-state index contributed by atoms with van der Waals surface area (Å²) >= 11 is 0. The van der Waals surface area contributed by atoms with E-state index in [1.807, 2.05) is 12.1 Å². The van der Waals surface area contributed by atoms with Gasteiger partial charge in [-0.05, 0) is 40.8 Å². The monoisotopic (exact) mass is 325 g/mol. The van der Waals surface area contributed by atoms with Crippen molar-refractivity contribution in [3.8, 4) is 11.7 Å². The first-order valence-electron chi connectivity index (χ1n) is 7.60. The molecule has 0 unspecified atom stereocenters. The number of rotatable bonds is 5. The Labute approximate surface area is 136 Å². The lowest BCUT2D eigenvalue weighted by Gasteiger charge is -2.13. The van der Waals surface area contributed by atoms with Gasteiger partial charge in [0.05, 0.1) is 5.69 Å². The maximum atomic E-state index is 12.2. The van der Waals surface area contributed by atoms with Crippen molar-refractivity contribution < 1.29 is 4.74 Å². The fourth-order valence-corrected chi connectivity index (χ4v) is 2.63. The highest BCUT2D eigenvalue weighted by Gasteiger charge is 2.28. The van der Waals surface area contributed by atoms with E-state index in [-0.39, 0.29) is 18.3 Å². The molecule has 24 heavy (non-hydrogen) atoms. The largest absolute Gasteiger partial charge is 0.458 e. The van der Waals surface area contributed by atoms with E-state index in [1.54, 1.807) is 7.05 Å². The lowest BCUT2D eigenvalue weighted by Crippen LogP contribution is -2.23. The van der Waals surface area contributed by atoms with Crippen molar-refractivity contribution >= 4 is 0 Å². The highest BCUT2D eigenvalue weighted by atomic mass is 16.5. The Morgan fingerprint density at radius 2 is 2.00 bits per heavy atom. The summed E-state index contributed by atoms with van der Waals surface area (Å²) in [6.07, 6.45) is 5.03. The summed E-state index contributed by atoms with van der Waals surface area (Å²) in [5.74, 6) is 0.495. The predicted molar refractivity (Wildman–Crippen MR) is 82.7 cm³/mol. The Kier molecular flexibility index (Phi) is 3.52. The Morgan fingerprint density at radius 3 is 2.67 bits per heavy atom. The minimum Gasteiger partial charge on any atom is -0.458 e. The van der Waals surface area contributed by atoms with Gasteiger partial charge in [0.2, 0.25) is 0 Å². The molecular weight excluding hydrogens is 310 g/mol. The summed E-state index contributed by atoms with van der Waals surface area (Å²) in [5, 5.41) is 7.73. The summed E-state index contributed by atoms with van der Waals surface area (Å²) in [7, 11) is 1.57. The molecule has 0 saturated heterocycles. The first-order valence-corrected chi connectivity index (χ1v) is 7.60. The van der Waals surface area contributed by atoms with Gasteiger partial charge in [-0.1, -0.05) is 12.1 Å². The van der Waals surface area contributed by atoms with Crippen LogP contribution in [0.15, 0.2) is 35.6 Å². The Morgan fingerprint density at radius 1 is 1.21 bits per heavy atom. The zero-order valence-corrected chi connectivity index (χ0v) is 13.0. The molecule has 0 bridgehead atoms. The van der Waals surface area contributed by atoms with E-state index in [0.717, 1.165) is 18.4 Å². The second-order valence-electron chi connectivity index (χ2n) is 5.63. The van der Waals surface area contributed by atoms with E-state index in [0.29, 0.717) is 11.6 Å². The minimum absolute atomic E-state index is 0.244. The minimum atomic E-state index is -0.302. The Balaban J connectivity index is 1.75. The average Bonchev–Trinajstić information content (AvgIpc) is 3.41. The topological polar surface area (TPSA) is 101 Å². The van der Waals surface area contributed by atoms with Crippen LogP contribution in [-0.4, -0.2) is 34.7 Å². The number of nitrogens with zero attached hydrogens (tertiary/aromatic N) is 7. The van der Waals surface area contributed by atoms with Crippen LogP contribution in [-0.2, 0) is 13.7 Å². The quantitative estimate of drug-likeness (QED) is 0.677. The molecule has 1 saturated carbocycles. The SMILES string of the molecule is Cn1nnn(-c2cccc(C3CC3)c2COc2ncncn2)c1=O. The van der Waals surface area contributed by atoms with Gasteiger partial charge < -0.3 is 4.74 Å². The van der Waals surface area contributed by atoms with Gasteiger partial charge in [-0.2, -0.15) is 19.3 Å². The van der Waals surface area contributed by atoms with Crippen molar-refractivity contribution in [1.82, 2.24) is 34.7 Å². The van der Waals surface area contributed by atoms with Gasteiger partial charge in [-0.25, -0.2) is 9.78 Å². The molecule has 9 nitrogen and oxygen atoms in total. The third-order valence-electron chi connectivity index (χ3n) is 3.97. The molecule has 0 amide bonds. The number of ether oxygens (including phenoxy) is 1. The third kappa shape index (κ3) is 2.64. The van der Waals surface area contributed by atoms with Crippen LogP contribution in [0.3, 0.4) is 0 Å². The average molecular weight is 325 g/mol. The molecule has 0 atom stereocenters. The maximum Gasteiger partial charge on any atom is 0.368 e. The highest BCUT2D eigenvalue weighted by molar-refractivity contribution is 5.47. The summed E-state index contributed by atoms with van der Waals surface area (Å²) in [6.45, 7) is 0.245. The third-order valence-corrected chi connectivity index (χ3v) is 3.97. The molecule has 1 fully saturated rings. The Hall–Kier alpha value is -3.10. The summed E-state index contributed by atoms with van der Waals surface area (Å²) in [4.78, 5) is 23.9. The van der Waals surface area contributed by atoms with Crippen LogP contribution in [0.4, 0.5) is 0 Å². The predicted octanol–water partition coefficient (Wildman–Crippen LogP) is 0.607. The molecule has 4 rings (SSSR count). The molecule has 1 aliphatic rings. The number of hydrogen-bond acceptors (Lipinski definition) is 7. The van der Waals surface area contributed by atoms with E-state index in [2.05, 4.69) is 31.4 Å². The lowest BCUT2D eigenvalue weighted by molar-refractivity contribution is 0.278.